The first-order valence-corrected chi connectivity index (χ1v) is 10.9. The van der Waals surface area contributed by atoms with Crippen LogP contribution in [0.5, 0.6) is 5.75 Å². The lowest BCUT2D eigenvalue weighted by molar-refractivity contribution is -0.146. The van der Waals surface area contributed by atoms with Gasteiger partial charge in [0.15, 0.2) is 6.23 Å². The maximum Gasteiger partial charge on any atom is 0.315 e. The highest BCUT2D eigenvalue weighted by molar-refractivity contribution is 5.82. The summed E-state index contributed by atoms with van der Waals surface area (Å²) in [5.41, 5.74) is 2.89. The summed E-state index contributed by atoms with van der Waals surface area (Å²) in [5.74, 6) is 0.402. The molecule has 1 fully saturated rings. The molecule has 2 aromatic heterocycles. The summed E-state index contributed by atoms with van der Waals surface area (Å²) in [6.45, 7) is 4.84. The van der Waals surface area contributed by atoms with Gasteiger partial charge in [0.2, 0.25) is 0 Å². The average Bonchev–Trinajstić information content (AvgIpc) is 3.33. The minimum atomic E-state index is -0.723. The quantitative estimate of drug-likeness (QED) is 0.502. The largest absolute Gasteiger partial charge is 0.487 e. The van der Waals surface area contributed by atoms with E-state index in [4.69, 9.17) is 14.2 Å². The van der Waals surface area contributed by atoms with Crippen molar-refractivity contribution < 1.29 is 19.0 Å². The van der Waals surface area contributed by atoms with E-state index in [9.17, 15) is 4.79 Å². The van der Waals surface area contributed by atoms with Crippen LogP contribution in [0, 0.1) is 0 Å². The molecule has 1 aliphatic rings. The van der Waals surface area contributed by atoms with Crippen LogP contribution in [0.25, 0.3) is 11.4 Å². The molecule has 0 N–H and O–H groups in total. The van der Waals surface area contributed by atoms with Crippen molar-refractivity contribution >= 4 is 5.97 Å². The number of carbonyl (C=O) groups is 1. The highest BCUT2D eigenvalue weighted by Crippen LogP contribution is 2.29. The van der Waals surface area contributed by atoms with Gasteiger partial charge in [0.05, 0.1) is 30.1 Å². The van der Waals surface area contributed by atoms with E-state index in [1.54, 1.807) is 12.4 Å². The zero-order valence-corrected chi connectivity index (χ0v) is 18.8. The summed E-state index contributed by atoms with van der Waals surface area (Å²) in [6.07, 6.45) is 6.66. The number of rotatable bonds is 7. The van der Waals surface area contributed by atoms with E-state index in [2.05, 4.69) is 10.1 Å². The zero-order valence-electron chi connectivity index (χ0n) is 18.8. The van der Waals surface area contributed by atoms with Crippen molar-refractivity contribution in [1.29, 1.82) is 0 Å². The van der Waals surface area contributed by atoms with E-state index in [-0.39, 0.29) is 12.2 Å². The first-order valence-electron chi connectivity index (χ1n) is 10.9. The highest BCUT2D eigenvalue weighted by atomic mass is 16.5. The molecule has 1 unspecified atom stereocenters. The van der Waals surface area contributed by atoms with E-state index in [0.717, 1.165) is 48.4 Å². The predicted molar refractivity (Wildman–Crippen MR) is 120 cm³/mol. The van der Waals surface area contributed by atoms with Gasteiger partial charge in [-0.2, -0.15) is 5.10 Å². The summed E-state index contributed by atoms with van der Waals surface area (Å²) in [6, 6.07) is 13.6. The number of carbonyl (C=O) groups excluding carboxylic acids is 1. The van der Waals surface area contributed by atoms with E-state index in [0.29, 0.717) is 12.4 Å². The summed E-state index contributed by atoms with van der Waals surface area (Å²) in [5, 5.41) is 4.45. The Labute approximate surface area is 188 Å². The molecule has 0 bridgehead atoms. The van der Waals surface area contributed by atoms with Crippen molar-refractivity contribution in [3.05, 3.63) is 66.0 Å². The second-order valence-electron chi connectivity index (χ2n) is 8.47. The number of methoxy groups -OCH3 is 1. The fourth-order valence-corrected chi connectivity index (χ4v) is 3.87. The number of hydrogen-bond donors (Lipinski definition) is 0. The van der Waals surface area contributed by atoms with Gasteiger partial charge < -0.3 is 14.2 Å². The predicted octanol–water partition coefficient (Wildman–Crippen LogP) is 4.67. The lowest BCUT2D eigenvalue weighted by atomic mass is 9.84. The fraction of sp³-hybridized carbons (Fsp3) is 0.400. The van der Waals surface area contributed by atoms with Gasteiger partial charge >= 0.3 is 5.97 Å². The minimum absolute atomic E-state index is 0.0343. The van der Waals surface area contributed by atoms with Crippen LogP contribution >= 0.6 is 0 Å². The van der Waals surface area contributed by atoms with Crippen LogP contribution in [0.15, 0.2) is 54.9 Å². The summed E-state index contributed by atoms with van der Waals surface area (Å²) in [7, 11) is 1.41. The minimum Gasteiger partial charge on any atom is -0.487 e. The Hall–Kier alpha value is -3.19. The third-order valence-corrected chi connectivity index (χ3v) is 5.85. The van der Waals surface area contributed by atoms with Gasteiger partial charge in [0.1, 0.15) is 12.4 Å². The Balaban J connectivity index is 1.43. The molecular weight excluding hydrogens is 406 g/mol. The number of ether oxygens (including phenoxy) is 3. The average molecular weight is 436 g/mol. The molecule has 1 atom stereocenters. The molecule has 0 spiro atoms. The van der Waals surface area contributed by atoms with Crippen molar-refractivity contribution in [3.8, 4) is 17.1 Å². The third-order valence-electron chi connectivity index (χ3n) is 5.85. The van der Waals surface area contributed by atoms with Gasteiger partial charge in [0.25, 0.3) is 0 Å². The van der Waals surface area contributed by atoms with Crippen molar-refractivity contribution in [2.75, 3.05) is 13.7 Å². The van der Waals surface area contributed by atoms with Gasteiger partial charge in [-0.1, -0.05) is 24.3 Å². The molecule has 0 radical (unpaired) electrons. The fourth-order valence-electron chi connectivity index (χ4n) is 3.87. The third kappa shape index (κ3) is 4.67. The molecule has 1 aromatic carbocycles. The molecule has 1 saturated heterocycles. The van der Waals surface area contributed by atoms with Gasteiger partial charge in [0, 0.05) is 12.8 Å². The number of esters is 1. The molecule has 0 amide bonds. The van der Waals surface area contributed by atoms with E-state index < -0.39 is 5.41 Å². The standard InChI is InChI=1S/C25H29N3O4/c1-25(2,24(29)30-3)19-8-6-7-18(15-19)17-32-20-10-11-21(26-16-20)22-12-13-27-28(22)23-9-4-5-14-31-23/h6-8,10-13,15-16,23H,4-5,9,14,17H2,1-3H3. The number of hydrogen-bond acceptors (Lipinski definition) is 6. The van der Waals surface area contributed by atoms with Crippen LogP contribution in [-0.4, -0.2) is 34.5 Å². The zero-order chi connectivity index (χ0) is 22.6. The lowest BCUT2D eigenvalue weighted by Crippen LogP contribution is -2.30. The monoisotopic (exact) mass is 435 g/mol. The Morgan fingerprint density at radius 3 is 2.81 bits per heavy atom. The number of nitrogens with zero attached hydrogens (tertiary/aromatic N) is 3. The van der Waals surface area contributed by atoms with Crippen LogP contribution < -0.4 is 4.74 Å². The normalized spacial score (nSPS) is 16.5. The topological polar surface area (TPSA) is 75.5 Å². The van der Waals surface area contributed by atoms with Gasteiger partial charge in [-0.05, 0) is 62.4 Å². The molecule has 7 nitrogen and oxygen atoms in total. The second kappa shape index (κ2) is 9.53. The molecule has 4 rings (SSSR count). The molecular formula is C25H29N3O4. The van der Waals surface area contributed by atoms with E-state index in [1.165, 1.54) is 7.11 Å². The van der Waals surface area contributed by atoms with Crippen LogP contribution in [0.2, 0.25) is 0 Å². The highest BCUT2D eigenvalue weighted by Gasteiger charge is 2.31. The van der Waals surface area contributed by atoms with Crippen molar-refractivity contribution in [1.82, 2.24) is 14.8 Å². The van der Waals surface area contributed by atoms with Gasteiger partial charge in [-0.25, -0.2) is 4.68 Å². The maximum atomic E-state index is 12.1. The molecule has 3 heterocycles. The van der Waals surface area contributed by atoms with Crippen molar-refractivity contribution in [2.24, 2.45) is 0 Å². The smallest absolute Gasteiger partial charge is 0.315 e. The van der Waals surface area contributed by atoms with Crippen molar-refractivity contribution in [3.63, 3.8) is 0 Å². The molecule has 7 heteroatoms. The van der Waals surface area contributed by atoms with Crippen LogP contribution in [-0.2, 0) is 26.3 Å². The summed E-state index contributed by atoms with van der Waals surface area (Å²) >= 11 is 0. The Morgan fingerprint density at radius 2 is 2.09 bits per heavy atom. The molecule has 0 aliphatic carbocycles. The van der Waals surface area contributed by atoms with Gasteiger partial charge in [-0.3, -0.25) is 9.78 Å². The number of aromatic nitrogens is 3. The molecule has 3 aromatic rings. The van der Waals surface area contributed by atoms with Crippen LogP contribution in [0.3, 0.4) is 0 Å². The Bertz CT molecular complexity index is 1050. The molecule has 32 heavy (non-hydrogen) atoms. The number of pyridine rings is 1. The van der Waals surface area contributed by atoms with Crippen molar-refractivity contribution in [2.45, 2.75) is 51.4 Å². The SMILES string of the molecule is COC(=O)C(C)(C)c1cccc(COc2ccc(-c3ccnn3C3CCCCO3)nc2)c1. The van der Waals surface area contributed by atoms with Crippen LogP contribution in [0.1, 0.15) is 50.5 Å². The summed E-state index contributed by atoms with van der Waals surface area (Å²) in [4.78, 5) is 16.7. The Morgan fingerprint density at radius 1 is 1.22 bits per heavy atom. The van der Waals surface area contributed by atoms with E-state index >= 15 is 0 Å². The molecule has 168 valence electrons. The molecule has 1 aliphatic heterocycles. The Kier molecular flexibility index (Phi) is 6.55. The number of benzene rings is 1. The maximum absolute atomic E-state index is 12.1. The second-order valence-corrected chi connectivity index (χ2v) is 8.47. The first-order chi connectivity index (χ1) is 15.5. The summed E-state index contributed by atoms with van der Waals surface area (Å²) < 4.78 is 18.7. The van der Waals surface area contributed by atoms with Gasteiger partial charge in [-0.15, -0.1) is 0 Å². The molecule has 0 saturated carbocycles. The lowest BCUT2D eigenvalue weighted by Gasteiger charge is -2.24. The van der Waals surface area contributed by atoms with Crippen LogP contribution in [0.4, 0.5) is 0 Å². The first kappa shape index (κ1) is 22.0. The van der Waals surface area contributed by atoms with E-state index in [1.807, 2.05) is 61.0 Å².